The first-order chi connectivity index (χ1) is 9.95. The zero-order chi connectivity index (χ0) is 15.4. The standard InChI is InChI=1S/C14H18FN3O3/c1-18-6-2-3-10(8-18)16-14(21)17-12-5-4-9(13(19)20)7-11(12)15/h4-5,7,10H,2-3,6,8H2,1H3,(H,19,20)(H2,16,17,21). The molecule has 1 unspecified atom stereocenters. The minimum atomic E-state index is -1.21. The molecule has 1 aliphatic heterocycles. The van der Waals surface area contributed by atoms with Crippen LogP contribution in [-0.4, -0.2) is 48.2 Å². The fourth-order valence-electron chi connectivity index (χ4n) is 2.38. The molecule has 0 bridgehead atoms. The highest BCUT2D eigenvalue weighted by Gasteiger charge is 2.19. The lowest BCUT2D eigenvalue weighted by Crippen LogP contribution is -2.47. The summed E-state index contributed by atoms with van der Waals surface area (Å²) in [6.45, 7) is 1.76. The smallest absolute Gasteiger partial charge is 0.335 e. The van der Waals surface area contributed by atoms with Crippen LogP contribution in [0.3, 0.4) is 0 Å². The second kappa shape index (κ2) is 6.53. The van der Waals surface area contributed by atoms with Crippen molar-refractivity contribution < 1.29 is 19.1 Å². The molecule has 2 amide bonds. The van der Waals surface area contributed by atoms with Crippen LogP contribution in [0.15, 0.2) is 18.2 Å². The number of carboxylic acid groups (broad SMARTS) is 1. The van der Waals surface area contributed by atoms with Gasteiger partial charge in [-0.05, 0) is 44.6 Å². The Morgan fingerprint density at radius 2 is 2.19 bits per heavy atom. The van der Waals surface area contributed by atoms with E-state index in [1.807, 2.05) is 7.05 Å². The number of nitrogens with zero attached hydrogens (tertiary/aromatic N) is 1. The number of carbonyl (C=O) groups is 2. The molecule has 6 nitrogen and oxygen atoms in total. The van der Waals surface area contributed by atoms with Gasteiger partial charge in [0.25, 0.3) is 0 Å². The molecule has 1 aromatic rings. The lowest BCUT2D eigenvalue weighted by Gasteiger charge is -2.30. The van der Waals surface area contributed by atoms with Crippen molar-refractivity contribution in [3.63, 3.8) is 0 Å². The van der Waals surface area contributed by atoms with Crippen molar-refractivity contribution in [3.8, 4) is 0 Å². The third-order valence-corrected chi connectivity index (χ3v) is 3.42. The summed E-state index contributed by atoms with van der Waals surface area (Å²) in [4.78, 5) is 24.7. The van der Waals surface area contributed by atoms with Gasteiger partial charge < -0.3 is 20.6 Å². The number of urea groups is 1. The molecule has 3 N–H and O–H groups in total. The van der Waals surface area contributed by atoms with Crippen LogP contribution in [0.5, 0.6) is 0 Å². The fourth-order valence-corrected chi connectivity index (χ4v) is 2.38. The van der Waals surface area contributed by atoms with Gasteiger partial charge in [-0.3, -0.25) is 0 Å². The number of hydrogen-bond donors (Lipinski definition) is 3. The number of carboxylic acids is 1. The second-order valence-corrected chi connectivity index (χ2v) is 5.20. The fraction of sp³-hybridized carbons (Fsp3) is 0.429. The zero-order valence-corrected chi connectivity index (χ0v) is 11.7. The SMILES string of the molecule is CN1CCCC(NC(=O)Nc2ccc(C(=O)O)cc2F)C1. The lowest BCUT2D eigenvalue weighted by molar-refractivity contribution is 0.0696. The van der Waals surface area contributed by atoms with Crippen LogP contribution in [0, 0.1) is 5.82 Å². The Balaban J connectivity index is 1.94. The van der Waals surface area contributed by atoms with Crippen molar-refractivity contribution in [2.75, 3.05) is 25.5 Å². The second-order valence-electron chi connectivity index (χ2n) is 5.20. The monoisotopic (exact) mass is 295 g/mol. The first-order valence-electron chi connectivity index (χ1n) is 6.74. The molecule has 0 aromatic heterocycles. The van der Waals surface area contributed by atoms with E-state index >= 15 is 0 Å². The summed E-state index contributed by atoms with van der Waals surface area (Å²) in [5, 5.41) is 13.9. The summed E-state index contributed by atoms with van der Waals surface area (Å²) >= 11 is 0. The van der Waals surface area contributed by atoms with Crippen molar-refractivity contribution in [1.82, 2.24) is 10.2 Å². The van der Waals surface area contributed by atoms with Gasteiger partial charge in [0.1, 0.15) is 5.82 Å². The molecule has 21 heavy (non-hydrogen) atoms. The maximum Gasteiger partial charge on any atom is 0.335 e. The summed E-state index contributed by atoms with van der Waals surface area (Å²) < 4.78 is 13.7. The summed E-state index contributed by atoms with van der Waals surface area (Å²) in [5.74, 6) is -1.99. The van der Waals surface area contributed by atoms with E-state index in [4.69, 9.17) is 5.11 Å². The minimum Gasteiger partial charge on any atom is -0.478 e. The summed E-state index contributed by atoms with van der Waals surface area (Å²) in [5.41, 5.74) is -0.200. The van der Waals surface area contributed by atoms with Gasteiger partial charge in [-0.15, -0.1) is 0 Å². The van der Waals surface area contributed by atoms with Crippen LogP contribution in [0.25, 0.3) is 0 Å². The van der Waals surface area contributed by atoms with Crippen LogP contribution in [-0.2, 0) is 0 Å². The number of carbonyl (C=O) groups excluding carboxylic acids is 1. The number of anilines is 1. The van der Waals surface area contributed by atoms with E-state index in [9.17, 15) is 14.0 Å². The summed E-state index contributed by atoms with van der Waals surface area (Å²) in [6.07, 6.45) is 1.89. The van der Waals surface area contributed by atoms with Crippen LogP contribution < -0.4 is 10.6 Å². The van der Waals surface area contributed by atoms with Gasteiger partial charge in [-0.25, -0.2) is 14.0 Å². The Bertz CT molecular complexity index is 550. The molecule has 0 spiro atoms. The Morgan fingerprint density at radius 3 is 2.81 bits per heavy atom. The molecule has 1 saturated heterocycles. The van der Waals surface area contributed by atoms with Crippen LogP contribution >= 0.6 is 0 Å². The van der Waals surface area contributed by atoms with Crippen molar-refractivity contribution >= 4 is 17.7 Å². The number of benzene rings is 1. The lowest BCUT2D eigenvalue weighted by atomic mass is 10.1. The number of aromatic carboxylic acids is 1. The number of rotatable bonds is 3. The number of likely N-dealkylation sites (tertiary alicyclic amines) is 1. The summed E-state index contributed by atoms with van der Waals surface area (Å²) in [7, 11) is 1.98. The van der Waals surface area contributed by atoms with Gasteiger partial charge >= 0.3 is 12.0 Å². The number of likely N-dealkylation sites (N-methyl/N-ethyl adjacent to an activating group) is 1. The molecule has 1 atom stereocenters. The highest BCUT2D eigenvalue weighted by atomic mass is 19.1. The van der Waals surface area contributed by atoms with Gasteiger partial charge in [0.05, 0.1) is 11.3 Å². The van der Waals surface area contributed by atoms with Gasteiger partial charge in [-0.2, -0.15) is 0 Å². The van der Waals surface area contributed by atoms with Crippen molar-refractivity contribution in [3.05, 3.63) is 29.6 Å². The molecule has 0 saturated carbocycles. The highest BCUT2D eigenvalue weighted by Crippen LogP contribution is 2.16. The van der Waals surface area contributed by atoms with E-state index in [0.29, 0.717) is 0 Å². The quantitative estimate of drug-likeness (QED) is 0.793. The average molecular weight is 295 g/mol. The van der Waals surface area contributed by atoms with Gasteiger partial charge in [0, 0.05) is 12.6 Å². The van der Waals surface area contributed by atoms with Gasteiger partial charge in [-0.1, -0.05) is 0 Å². The van der Waals surface area contributed by atoms with Gasteiger partial charge in [0.2, 0.25) is 0 Å². The largest absolute Gasteiger partial charge is 0.478 e. The number of piperidine rings is 1. The van der Waals surface area contributed by atoms with Crippen LogP contribution in [0.4, 0.5) is 14.9 Å². The minimum absolute atomic E-state index is 0.0325. The number of nitrogens with one attached hydrogen (secondary N) is 2. The van der Waals surface area contributed by atoms with Crippen LogP contribution in [0.2, 0.25) is 0 Å². The molecule has 1 fully saturated rings. The summed E-state index contributed by atoms with van der Waals surface area (Å²) in [6, 6.07) is 2.91. The molecule has 0 radical (unpaired) electrons. The Hall–Kier alpha value is -2.15. The Labute approximate surface area is 121 Å². The van der Waals surface area contributed by atoms with Crippen LogP contribution in [0.1, 0.15) is 23.2 Å². The zero-order valence-electron chi connectivity index (χ0n) is 11.7. The first-order valence-corrected chi connectivity index (χ1v) is 6.74. The van der Waals surface area contributed by atoms with Crippen molar-refractivity contribution in [2.45, 2.75) is 18.9 Å². The average Bonchev–Trinajstić information content (AvgIpc) is 2.40. The van der Waals surface area contributed by atoms with E-state index in [0.717, 1.165) is 32.0 Å². The molecular weight excluding hydrogens is 277 g/mol. The molecule has 1 heterocycles. The van der Waals surface area contributed by atoms with Crippen molar-refractivity contribution in [2.24, 2.45) is 0 Å². The highest BCUT2D eigenvalue weighted by molar-refractivity contribution is 5.91. The number of halogens is 1. The molecule has 0 aliphatic carbocycles. The first kappa shape index (κ1) is 15.2. The third-order valence-electron chi connectivity index (χ3n) is 3.42. The third kappa shape index (κ3) is 4.16. The number of amides is 2. The predicted molar refractivity (Wildman–Crippen MR) is 76.0 cm³/mol. The maximum atomic E-state index is 13.7. The predicted octanol–water partition coefficient (Wildman–Crippen LogP) is 1.74. The molecule has 7 heteroatoms. The molecule has 2 rings (SSSR count). The number of hydrogen-bond acceptors (Lipinski definition) is 3. The molecule has 1 aromatic carbocycles. The van der Waals surface area contributed by atoms with E-state index < -0.39 is 17.8 Å². The van der Waals surface area contributed by atoms with Crippen molar-refractivity contribution in [1.29, 1.82) is 0 Å². The van der Waals surface area contributed by atoms with E-state index in [-0.39, 0.29) is 17.3 Å². The normalized spacial score (nSPS) is 19.0. The van der Waals surface area contributed by atoms with E-state index in [1.54, 1.807) is 0 Å². The molecule has 1 aliphatic rings. The maximum absolute atomic E-state index is 13.7. The topological polar surface area (TPSA) is 81.7 Å². The van der Waals surface area contributed by atoms with E-state index in [1.165, 1.54) is 12.1 Å². The molecule has 114 valence electrons. The van der Waals surface area contributed by atoms with Gasteiger partial charge in [0.15, 0.2) is 0 Å². The molecular formula is C14H18FN3O3. The Morgan fingerprint density at radius 1 is 1.43 bits per heavy atom. The Kier molecular flexibility index (Phi) is 4.74. The van der Waals surface area contributed by atoms with E-state index in [2.05, 4.69) is 15.5 Å².